The highest BCUT2D eigenvalue weighted by Gasteiger charge is 2.18. The molecule has 0 saturated carbocycles. The summed E-state index contributed by atoms with van der Waals surface area (Å²) in [5, 5.41) is 4.99. The van der Waals surface area contributed by atoms with Gasteiger partial charge in [-0.2, -0.15) is 0 Å². The second-order valence-corrected chi connectivity index (χ2v) is 5.96. The average molecular weight is 333 g/mol. The van der Waals surface area contributed by atoms with Crippen molar-refractivity contribution in [3.63, 3.8) is 0 Å². The van der Waals surface area contributed by atoms with Crippen molar-refractivity contribution in [1.82, 2.24) is 0 Å². The molecule has 3 rings (SSSR count). The summed E-state index contributed by atoms with van der Waals surface area (Å²) < 4.78 is 0. The van der Waals surface area contributed by atoms with Gasteiger partial charge in [0.15, 0.2) is 0 Å². The molecule has 0 bridgehead atoms. The number of anilines is 1. The van der Waals surface area contributed by atoms with E-state index < -0.39 is 0 Å². The van der Waals surface area contributed by atoms with Crippen LogP contribution in [-0.4, -0.2) is 6.54 Å². The van der Waals surface area contributed by atoms with E-state index in [1.165, 1.54) is 5.56 Å². The summed E-state index contributed by atoms with van der Waals surface area (Å²) in [6, 6.07) is 7.64. The first-order chi connectivity index (χ1) is 9.08. The molecule has 2 aromatic rings. The highest BCUT2D eigenvalue weighted by Crippen LogP contribution is 2.44. The molecule has 0 aromatic heterocycles. The van der Waals surface area contributed by atoms with Crippen molar-refractivity contribution in [3.05, 3.63) is 49.9 Å². The van der Waals surface area contributed by atoms with Crippen molar-refractivity contribution in [1.29, 1.82) is 0 Å². The van der Waals surface area contributed by atoms with Crippen molar-refractivity contribution < 1.29 is 0 Å². The Morgan fingerprint density at radius 1 is 0.895 bits per heavy atom. The summed E-state index contributed by atoms with van der Waals surface area (Å²) in [5.41, 5.74) is 4.03. The minimum Gasteiger partial charge on any atom is -0.384 e. The topological polar surface area (TPSA) is 12.0 Å². The van der Waals surface area contributed by atoms with Gasteiger partial charge in [-0.25, -0.2) is 0 Å². The summed E-state index contributed by atoms with van der Waals surface area (Å²) in [6.45, 7) is 0.955. The Kier molecular flexibility index (Phi) is 3.57. The Hall–Kier alpha value is -0.600. The molecule has 98 valence electrons. The molecular weight excluding hydrogens is 324 g/mol. The molecule has 1 aliphatic rings. The summed E-state index contributed by atoms with van der Waals surface area (Å²) in [6.07, 6.45) is 0.993. The quantitative estimate of drug-likeness (QED) is 0.637. The van der Waals surface area contributed by atoms with Crippen LogP contribution in [0.15, 0.2) is 24.3 Å². The lowest BCUT2D eigenvalue weighted by Crippen LogP contribution is -1.90. The highest BCUT2D eigenvalue weighted by molar-refractivity contribution is 6.50. The maximum absolute atomic E-state index is 6.27. The Morgan fingerprint density at radius 3 is 2.26 bits per heavy atom. The second-order valence-electron chi connectivity index (χ2n) is 4.39. The van der Waals surface area contributed by atoms with Crippen LogP contribution in [-0.2, 0) is 6.42 Å². The number of nitrogens with one attached hydrogen (secondary N) is 1. The van der Waals surface area contributed by atoms with Gasteiger partial charge in [-0.05, 0) is 35.7 Å². The molecule has 5 heteroatoms. The monoisotopic (exact) mass is 331 g/mol. The maximum Gasteiger partial charge on any atom is 0.0686 e. The smallest absolute Gasteiger partial charge is 0.0686 e. The van der Waals surface area contributed by atoms with Gasteiger partial charge in [0.05, 0.1) is 20.1 Å². The van der Waals surface area contributed by atoms with Crippen molar-refractivity contribution >= 4 is 52.1 Å². The number of hydrogen-bond donors (Lipinski definition) is 1. The van der Waals surface area contributed by atoms with Gasteiger partial charge in [-0.3, -0.25) is 0 Å². The van der Waals surface area contributed by atoms with Gasteiger partial charge in [0, 0.05) is 17.8 Å². The Morgan fingerprint density at radius 2 is 1.58 bits per heavy atom. The zero-order valence-corrected chi connectivity index (χ0v) is 12.8. The van der Waals surface area contributed by atoms with Crippen LogP contribution in [0.1, 0.15) is 5.56 Å². The first kappa shape index (κ1) is 13.4. The summed E-state index contributed by atoms with van der Waals surface area (Å²) in [4.78, 5) is 0. The third-order valence-electron chi connectivity index (χ3n) is 3.22. The Labute approximate surface area is 131 Å². The van der Waals surface area contributed by atoms with Gasteiger partial charge in [0.2, 0.25) is 0 Å². The van der Waals surface area contributed by atoms with E-state index in [-0.39, 0.29) is 0 Å². The fourth-order valence-electron chi connectivity index (χ4n) is 2.29. The van der Waals surface area contributed by atoms with Gasteiger partial charge in [-0.1, -0.05) is 52.5 Å². The van der Waals surface area contributed by atoms with Crippen LogP contribution in [0, 0.1) is 0 Å². The third-order valence-corrected chi connectivity index (χ3v) is 4.79. The number of benzene rings is 2. The zero-order valence-electron chi connectivity index (χ0n) is 9.74. The molecule has 19 heavy (non-hydrogen) atoms. The lowest BCUT2D eigenvalue weighted by molar-refractivity contribution is 1.11. The predicted octanol–water partition coefficient (Wildman–Crippen LogP) is 5.94. The minimum absolute atomic E-state index is 0.407. The van der Waals surface area contributed by atoms with Crippen molar-refractivity contribution in [3.8, 4) is 11.1 Å². The molecule has 0 aliphatic carbocycles. The Bertz CT molecular complexity index is 641. The standard InChI is InChI=1S/C14H9Cl4N/c15-9-6-10(16)14(18)12(13(9)17)8-1-2-11-7(5-8)3-4-19-11/h1-2,5-6,19H,3-4H2. The van der Waals surface area contributed by atoms with Gasteiger partial charge in [0.1, 0.15) is 0 Å². The van der Waals surface area contributed by atoms with Crippen LogP contribution < -0.4 is 5.32 Å². The zero-order chi connectivity index (χ0) is 13.6. The van der Waals surface area contributed by atoms with Crippen LogP contribution >= 0.6 is 46.4 Å². The summed E-state index contributed by atoms with van der Waals surface area (Å²) >= 11 is 24.7. The van der Waals surface area contributed by atoms with E-state index in [1.54, 1.807) is 6.07 Å². The van der Waals surface area contributed by atoms with E-state index in [0.29, 0.717) is 25.7 Å². The molecular formula is C14H9Cl4N. The third kappa shape index (κ3) is 2.30. The van der Waals surface area contributed by atoms with Gasteiger partial charge in [0.25, 0.3) is 0 Å². The van der Waals surface area contributed by atoms with Crippen molar-refractivity contribution in [2.45, 2.75) is 6.42 Å². The lowest BCUT2D eigenvalue weighted by Gasteiger charge is -2.12. The van der Waals surface area contributed by atoms with E-state index >= 15 is 0 Å². The number of fused-ring (bicyclic) bond motifs is 1. The molecule has 0 spiro atoms. The summed E-state index contributed by atoms with van der Waals surface area (Å²) in [5.74, 6) is 0. The Balaban J connectivity index is 2.22. The van der Waals surface area contributed by atoms with Gasteiger partial charge < -0.3 is 5.32 Å². The molecule has 2 aromatic carbocycles. The molecule has 1 aliphatic heterocycles. The largest absolute Gasteiger partial charge is 0.384 e. The molecule has 1 heterocycles. The van der Waals surface area contributed by atoms with Crippen molar-refractivity contribution in [2.24, 2.45) is 0 Å². The summed E-state index contributed by atoms with van der Waals surface area (Å²) in [7, 11) is 0. The molecule has 1 nitrogen and oxygen atoms in total. The number of halogens is 4. The molecule has 1 N–H and O–H groups in total. The fraction of sp³-hybridized carbons (Fsp3) is 0.143. The molecule has 0 fully saturated rings. The van der Waals surface area contributed by atoms with E-state index in [4.69, 9.17) is 46.4 Å². The molecule has 0 unspecified atom stereocenters. The highest BCUT2D eigenvalue weighted by atomic mass is 35.5. The van der Waals surface area contributed by atoms with E-state index in [1.807, 2.05) is 12.1 Å². The minimum atomic E-state index is 0.407. The van der Waals surface area contributed by atoms with Crippen LogP contribution in [0.2, 0.25) is 20.1 Å². The number of rotatable bonds is 1. The van der Waals surface area contributed by atoms with Crippen LogP contribution in [0.5, 0.6) is 0 Å². The van der Waals surface area contributed by atoms with Crippen molar-refractivity contribution in [2.75, 3.05) is 11.9 Å². The van der Waals surface area contributed by atoms with Gasteiger partial charge in [-0.15, -0.1) is 0 Å². The molecule has 0 saturated heterocycles. The second kappa shape index (κ2) is 5.06. The van der Waals surface area contributed by atoms with E-state index in [0.717, 1.165) is 24.2 Å². The average Bonchev–Trinajstić information content (AvgIpc) is 2.84. The molecule has 0 radical (unpaired) electrons. The van der Waals surface area contributed by atoms with Gasteiger partial charge >= 0.3 is 0 Å². The van der Waals surface area contributed by atoms with Crippen LogP contribution in [0.25, 0.3) is 11.1 Å². The molecule has 0 amide bonds. The first-order valence-corrected chi connectivity index (χ1v) is 7.29. The lowest BCUT2D eigenvalue weighted by atomic mass is 10.0. The van der Waals surface area contributed by atoms with E-state index in [9.17, 15) is 0 Å². The normalized spacial score (nSPS) is 13.3. The number of hydrogen-bond acceptors (Lipinski definition) is 1. The maximum atomic E-state index is 6.27. The first-order valence-electron chi connectivity index (χ1n) is 5.78. The predicted molar refractivity (Wildman–Crippen MR) is 84.1 cm³/mol. The SMILES string of the molecule is Clc1cc(Cl)c(Cl)c(-c2ccc3c(c2)CCN3)c1Cl. The fourth-order valence-corrected chi connectivity index (χ4v) is 3.31. The van der Waals surface area contributed by atoms with Crippen LogP contribution in [0.4, 0.5) is 5.69 Å². The van der Waals surface area contributed by atoms with E-state index in [2.05, 4.69) is 11.4 Å². The van der Waals surface area contributed by atoms with Crippen LogP contribution in [0.3, 0.4) is 0 Å². The molecule has 0 atom stereocenters.